The van der Waals surface area contributed by atoms with Gasteiger partial charge >= 0.3 is 13.1 Å². The van der Waals surface area contributed by atoms with Gasteiger partial charge in [-0.2, -0.15) is 0 Å². The molecule has 0 aliphatic carbocycles. The molecule has 1 saturated heterocycles. The number of nitrogens with one attached hydrogen (secondary N) is 1. The Morgan fingerprint density at radius 3 is 2.56 bits per heavy atom. The van der Waals surface area contributed by atoms with Crippen LogP contribution in [-0.2, 0) is 9.59 Å². The number of carboxylic acids is 1. The minimum atomic E-state index is -1.38. The van der Waals surface area contributed by atoms with E-state index in [2.05, 4.69) is 5.32 Å². The molecule has 8 nitrogen and oxygen atoms in total. The molecule has 0 aromatic rings. The van der Waals surface area contributed by atoms with Crippen LogP contribution >= 0.6 is 0 Å². The van der Waals surface area contributed by atoms with E-state index in [1.54, 1.807) is 4.90 Å². The first-order chi connectivity index (χ1) is 11.7. The lowest BCUT2D eigenvalue weighted by atomic mass is 9.83. The molecule has 0 bridgehead atoms. The van der Waals surface area contributed by atoms with Crippen molar-refractivity contribution in [1.82, 2.24) is 10.2 Å². The summed E-state index contributed by atoms with van der Waals surface area (Å²) < 4.78 is 0. The Labute approximate surface area is 149 Å². The molecular formula is C16H32BN3O5. The van der Waals surface area contributed by atoms with E-state index in [9.17, 15) is 14.7 Å². The van der Waals surface area contributed by atoms with Gasteiger partial charge in [-0.1, -0.05) is 20.3 Å². The van der Waals surface area contributed by atoms with Crippen LogP contribution in [0.15, 0.2) is 0 Å². The van der Waals surface area contributed by atoms with Gasteiger partial charge < -0.3 is 31.1 Å². The second-order valence-corrected chi connectivity index (χ2v) is 7.16. The maximum Gasteiger partial charge on any atom is 0.451 e. The highest BCUT2D eigenvalue weighted by Crippen LogP contribution is 2.17. The van der Waals surface area contributed by atoms with Gasteiger partial charge in [-0.3, -0.25) is 9.59 Å². The molecule has 1 aliphatic rings. The number of carbonyl (C=O) groups excluding carboxylic acids is 1. The Hall–Kier alpha value is -1.16. The highest BCUT2D eigenvalue weighted by Gasteiger charge is 2.31. The molecule has 1 heterocycles. The summed E-state index contributed by atoms with van der Waals surface area (Å²) in [6.07, 6.45) is 3.27. The first-order valence-corrected chi connectivity index (χ1v) is 9.12. The van der Waals surface area contributed by atoms with Crippen molar-refractivity contribution >= 4 is 19.0 Å². The number of amides is 1. The minimum Gasteiger partial charge on any atom is -0.480 e. The summed E-state index contributed by atoms with van der Waals surface area (Å²) in [5.41, 5.74) is 6.05. The molecule has 1 rings (SSSR count). The van der Waals surface area contributed by atoms with E-state index < -0.39 is 25.2 Å². The molecule has 1 amide bonds. The molecule has 1 aliphatic heterocycles. The molecule has 0 aromatic heterocycles. The van der Waals surface area contributed by atoms with Crippen molar-refractivity contribution in [2.75, 3.05) is 13.1 Å². The van der Waals surface area contributed by atoms with Crippen LogP contribution in [-0.4, -0.2) is 70.3 Å². The smallest absolute Gasteiger partial charge is 0.451 e. The highest BCUT2D eigenvalue weighted by molar-refractivity contribution is 6.40. The standard InChI is InChI=1S/C16H32BN3O5/c1-11(2)14(18)15(21)20-9-4-3-7-13(16(22)23)19-10-12(20)6-5-8-17(24)25/h11-14,19,24-25H,3-10,18H2,1-2H3,(H,22,23)/t12?,13-,14-/m0/s1. The Balaban J connectivity index is 2.88. The van der Waals surface area contributed by atoms with Crippen LogP contribution in [0.5, 0.6) is 0 Å². The van der Waals surface area contributed by atoms with E-state index in [4.69, 9.17) is 15.8 Å². The molecule has 1 unspecified atom stereocenters. The van der Waals surface area contributed by atoms with Crippen LogP contribution in [0, 0.1) is 5.92 Å². The van der Waals surface area contributed by atoms with Gasteiger partial charge in [-0.05, 0) is 37.9 Å². The molecule has 0 radical (unpaired) electrons. The summed E-state index contributed by atoms with van der Waals surface area (Å²) in [6, 6.07) is -1.43. The summed E-state index contributed by atoms with van der Waals surface area (Å²) in [5, 5.41) is 30.4. The van der Waals surface area contributed by atoms with Gasteiger partial charge in [0.25, 0.3) is 0 Å². The predicted molar refractivity (Wildman–Crippen MR) is 95.8 cm³/mol. The zero-order valence-corrected chi connectivity index (χ0v) is 15.2. The second kappa shape index (κ2) is 10.8. The van der Waals surface area contributed by atoms with Crippen LogP contribution in [0.4, 0.5) is 0 Å². The van der Waals surface area contributed by atoms with E-state index in [1.165, 1.54) is 0 Å². The largest absolute Gasteiger partial charge is 0.480 e. The van der Waals surface area contributed by atoms with Crippen LogP contribution in [0.2, 0.25) is 6.32 Å². The van der Waals surface area contributed by atoms with Crippen molar-refractivity contribution in [1.29, 1.82) is 0 Å². The van der Waals surface area contributed by atoms with Gasteiger partial charge in [0.05, 0.1) is 6.04 Å². The van der Waals surface area contributed by atoms with Crippen LogP contribution in [0.25, 0.3) is 0 Å². The maximum atomic E-state index is 12.8. The Kier molecular flexibility index (Phi) is 9.41. The molecule has 0 aromatic carbocycles. The first kappa shape index (κ1) is 21.9. The van der Waals surface area contributed by atoms with Gasteiger partial charge in [0, 0.05) is 19.1 Å². The lowest BCUT2D eigenvalue weighted by molar-refractivity contribution is -0.139. The normalized spacial score (nSPS) is 23.5. The molecule has 3 atom stereocenters. The van der Waals surface area contributed by atoms with Crippen molar-refractivity contribution in [3.05, 3.63) is 0 Å². The molecule has 9 heteroatoms. The number of carbonyl (C=O) groups is 2. The fourth-order valence-electron chi connectivity index (χ4n) is 3.08. The number of carboxylic acid groups (broad SMARTS) is 1. The summed E-state index contributed by atoms with van der Waals surface area (Å²) in [6.45, 7) is 4.69. The molecule has 144 valence electrons. The fraction of sp³-hybridized carbons (Fsp3) is 0.875. The lowest BCUT2D eigenvalue weighted by Crippen LogP contribution is -2.54. The fourth-order valence-corrected chi connectivity index (χ4v) is 3.08. The summed E-state index contributed by atoms with van der Waals surface area (Å²) >= 11 is 0. The van der Waals surface area contributed by atoms with Gasteiger partial charge in [-0.15, -0.1) is 0 Å². The van der Waals surface area contributed by atoms with E-state index in [-0.39, 0.29) is 24.2 Å². The molecule has 0 spiro atoms. The van der Waals surface area contributed by atoms with E-state index in [0.29, 0.717) is 38.8 Å². The predicted octanol–water partition coefficient (Wildman–Crippen LogP) is -0.353. The number of hydrogen-bond acceptors (Lipinski definition) is 6. The number of nitrogens with zero attached hydrogens (tertiary/aromatic N) is 1. The van der Waals surface area contributed by atoms with Gasteiger partial charge in [0.15, 0.2) is 0 Å². The zero-order chi connectivity index (χ0) is 19.0. The van der Waals surface area contributed by atoms with Gasteiger partial charge in [-0.25, -0.2) is 0 Å². The molecule has 25 heavy (non-hydrogen) atoms. The highest BCUT2D eigenvalue weighted by atomic mass is 16.4. The third-order valence-electron chi connectivity index (χ3n) is 4.77. The Morgan fingerprint density at radius 1 is 1.32 bits per heavy atom. The Bertz CT molecular complexity index is 436. The number of nitrogens with two attached hydrogens (primary N) is 1. The molecule has 1 fully saturated rings. The number of hydrogen-bond donors (Lipinski definition) is 5. The third kappa shape index (κ3) is 7.31. The van der Waals surface area contributed by atoms with Crippen molar-refractivity contribution < 1.29 is 24.7 Å². The molecular weight excluding hydrogens is 325 g/mol. The van der Waals surface area contributed by atoms with E-state index in [1.807, 2.05) is 13.8 Å². The SMILES string of the molecule is CC(C)[C@H](N)C(=O)N1CCCC[C@@H](C(=O)O)NCC1CCCB(O)O. The molecule has 0 saturated carbocycles. The Morgan fingerprint density at radius 2 is 2.00 bits per heavy atom. The van der Waals surface area contributed by atoms with Crippen molar-refractivity contribution in [2.24, 2.45) is 11.7 Å². The summed E-state index contributed by atoms with van der Waals surface area (Å²) in [4.78, 5) is 25.9. The van der Waals surface area contributed by atoms with E-state index in [0.717, 1.165) is 6.42 Å². The minimum absolute atomic E-state index is 0.0137. The average molecular weight is 357 g/mol. The third-order valence-corrected chi connectivity index (χ3v) is 4.77. The quantitative estimate of drug-likeness (QED) is 0.393. The van der Waals surface area contributed by atoms with Crippen molar-refractivity contribution in [2.45, 2.75) is 70.4 Å². The van der Waals surface area contributed by atoms with Crippen molar-refractivity contribution in [3.63, 3.8) is 0 Å². The van der Waals surface area contributed by atoms with E-state index >= 15 is 0 Å². The maximum absolute atomic E-state index is 12.8. The van der Waals surface area contributed by atoms with Crippen LogP contribution < -0.4 is 11.1 Å². The monoisotopic (exact) mass is 357 g/mol. The first-order valence-electron chi connectivity index (χ1n) is 9.12. The number of rotatable bonds is 7. The van der Waals surface area contributed by atoms with Crippen molar-refractivity contribution in [3.8, 4) is 0 Å². The molecule has 6 N–H and O–H groups in total. The zero-order valence-electron chi connectivity index (χ0n) is 15.2. The summed E-state index contributed by atoms with van der Waals surface area (Å²) in [5.74, 6) is -0.997. The average Bonchev–Trinajstić information content (AvgIpc) is 2.63. The van der Waals surface area contributed by atoms with Crippen LogP contribution in [0.1, 0.15) is 46.0 Å². The van der Waals surface area contributed by atoms with Gasteiger partial charge in [0.2, 0.25) is 5.91 Å². The number of aliphatic carboxylic acids is 1. The topological polar surface area (TPSA) is 136 Å². The summed E-state index contributed by atoms with van der Waals surface area (Å²) in [7, 11) is -1.38. The van der Waals surface area contributed by atoms with Crippen LogP contribution in [0.3, 0.4) is 0 Å². The lowest BCUT2D eigenvalue weighted by Gasteiger charge is -2.34. The van der Waals surface area contributed by atoms with Gasteiger partial charge in [0.1, 0.15) is 6.04 Å². The second-order valence-electron chi connectivity index (χ2n) is 7.16.